The van der Waals surface area contributed by atoms with Gasteiger partial charge in [0.2, 0.25) is 0 Å². The maximum absolute atomic E-state index is 5.78. The van der Waals surface area contributed by atoms with Crippen molar-refractivity contribution in [3.05, 3.63) is 23.7 Å². The van der Waals surface area contributed by atoms with E-state index >= 15 is 0 Å². The molecule has 120 valence electrons. The highest BCUT2D eigenvalue weighted by Crippen LogP contribution is 2.19. The highest BCUT2D eigenvalue weighted by Gasteiger charge is 2.21. The number of nitrogens with zero attached hydrogens (tertiary/aromatic N) is 1. The second-order valence-corrected chi connectivity index (χ2v) is 6.35. The monoisotopic (exact) mass is 294 g/mol. The van der Waals surface area contributed by atoms with Crippen molar-refractivity contribution in [3.8, 4) is 0 Å². The number of furan rings is 1. The van der Waals surface area contributed by atoms with Crippen LogP contribution in [-0.2, 0) is 17.8 Å². The standard InChI is InChI=1S/C17H30N2O2/c1-4-20-16-6-5-8-19(13-16)12-15-7-9-21-17(15)11-18-10-14(2)3/h7,9,14,16,18H,4-6,8,10-13H2,1-3H3. The van der Waals surface area contributed by atoms with Crippen LogP contribution in [0, 0.1) is 5.92 Å². The zero-order valence-corrected chi connectivity index (χ0v) is 13.7. The van der Waals surface area contributed by atoms with E-state index in [0.29, 0.717) is 12.0 Å². The van der Waals surface area contributed by atoms with E-state index in [0.717, 1.165) is 45.1 Å². The molecule has 0 saturated carbocycles. The molecule has 0 radical (unpaired) electrons. The minimum absolute atomic E-state index is 0.401. The third-order valence-electron chi connectivity index (χ3n) is 3.93. The van der Waals surface area contributed by atoms with Gasteiger partial charge in [-0.2, -0.15) is 0 Å². The first-order valence-corrected chi connectivity index (χ1v) is 8.29. The molecule has 0 aromatic carbocycles. The van der Waals surface area contributed by atoms with Crippen molar-refractivity contribution in [1.29, 1.82) is 0 Å². The third kappa shape index (κ3) is 5.46. The third-order valence-corrected chi connectivity index (χ3v) is 3.93. The van der Waals surface area contributed by atoms with Gasteiger partial charge in [-0.1, -0.05) is 13.8 Å². The van der Waals surface area contributed by atoms with Crippen molar-refractivity contribution < 1.29 is 9.15 Å². The Kier molecular flexibility index (Phi) is 6.74. The molecule has 2 heterocycles. The lowest BCUT2D eigenvalue weighted by molar-refractivity contribution is 0.00349. The molecule has 1 unspecified atom stereocenters. The molecule has 1 aromatic heterocycles. The first-order chi connectivity index (χ1) is 10.2. The van der Waals surface area contributed by atoms with Crippen LogP contribution in [0.4, 0.5) is 0 Å². The minimum atomic E-state index is 0.401. The van der Waals surface area contributed by atoms with Crippen LogP contribution < -0.4 is 5.32 Å². The minimum Gasteiger partial charge on any atom is -0.468 e. The van der Waals surface area contributed by atoms with Gasteiger partial charge in [0.15, 0.2) is 0 Å². The Bertz CT molecular complexity index is 401. The second kappa shape index (κ2) is 8.57. The molecule has 4 heteroatoms. The molecule has 21 heavy (non-hydrogen) atoms. The zero-order valence-electron chi connectivity index (χ0n) is 13.7. The van der Waals surface area contributed by atoms with Gasteiger partial charge in [0, 0.05) is 25.3 Å². The summed E-state index contributed by atoms with van der Waals surface area (Å²) in [6.45, 7) is 12.3. The number of ether oxygens (including phenoxy) is 1. The summed E-state index contributed by atoms with van der Waals surface area (Å²) in [5.41, 5.74) is 1.31. The largest absolute Gasteiger partial charge is 0.468 e. The summed E-state index contributed by atoms with van der Waals surface area (Å²) in [6, 6.07) is 2.11. The Labute approximate surface area is 128 Å². The lowest BCUT2D eigenvalue weighted by atomic mass is 10.1. The summed E-state index contributed by atoms with van der Waals surface area (Å²) >= 11 is 0. The fourth-order valence-electron chi connectivity index (χ4n) is 2.91. The Morgan fingerprint density at radius 3 is 3.10 bits per heavy atom. The van der Waals surface area contributed by atoms with Crippen molar-refractivity contribution in [3.63, 3.8) is 0 Å². The van der Waals surface area contributed by atoms with E-state index in [4.69, 9.17) is 9.15 Å². The number of likely N-dealkylation sites (tertiary alicyclic amines) is 1. The van der Waals surface area contributed by atoms with Gasteiger partial charge in [-0.05, 0) is 44.8 Å². The van der Waals surface area contributed by atoms with E-state index in [9.17, 15) is 0 Å². The molecular formula is C17H30N2O2. The summed E-state index contributed by atoms with van der Waals surface area (Å²) in [4.78, 5) is 2.49. The molecule has 1 aromatic rings. The molecule has 1 N–H and O–H groups in total. The Morgan fingerprint density at radius 1 is 1.48 bits per heavy atom. The fourth-order valence-corrected chi connectivity index (χ4v) is 2.91. The van der Waals surface area contributed by atoms with Crippen LogP contribution >= 0.6 is 0 Å². The number of rotatable bonds is 8. The average molecular weight is 294 g/mol. The number of hydrogen-bond acceptors (Lipinski definition) is 4. The predicted molar refractivity (Wildman–Crippen MR) is 85.2 cm³/mol. The van der Waals surface area contributed by atoms with Crippen LogP contribution in [0.5, 0.6) is 0 Å². The first-order valence-electron chi connectivity index (χ1n) is 8.29. The van der Waals surface area contributed by atoms with Crippen molar-refractivity contribution >= 4 is 0 Å². The van der Waals surface area contributed by atoms with Crippen LogP contribution in [0.25, 0.3) is 0 Å². The molecule has 1 atom stereocenters. The number of hydrogen-bond donors (Lipinski definition) is 1. The highest BCUT2D eigenvalue weighted by atomic mass is 16.5. The molecule has 0 aliphatic carbocycles. The van der Waals surface area contributed by atoms with Crippen LogP contribution in [-0.4, -0.2) is 37.2 Å². The molecule has 1 saturated heterocycles. The molecule has 0 amide bonds. The van der Waals surface area contributed by atoms with E-state index in [1.165, 1.54) is 18.4 Å². The summed E-state index contributed by atoms with van der Waals surface area (Å²) in [5, 5.41) is 3.46. The Hall–Kier alpha value is -0.840. The van der Waals surface area contributed by atoms with Crippen LogP contribution in [0.2, 0.25) is 0 Å². The first kappa shape index (κ1) is 16.5. The fraction of sp³-hybridized carbons (Fsp3) is 0.765. The predicted octanol–water partition coefficient (Wildman–Crippen LogP) is 3.03. The number of piperidine rings is 1. The Balaban J connectivity index is 1.83. The molecule has 1 aliphatic rings. The molecular weight excluding hydrogens is 264 g/mol. The second-order valence-electron chi connectivity index (χ2n) is 6.35. The van der Waals surface area contributed by atoms with Crippen molar-refractivity contribution in [2.24, 2.45) is 5.92 Å². The molecule has 0 bridgehead atoms. The van der Waals surface area contributed by atoms with Crippen molar-refractivity contribution in [2.45, 2.75) is 52.8 Å². The van der Waals surface area contributed by atoms with E-state index in [1.54, 1.807) is 0 Å². The summed E-state index contributed by atoms with van der Waals surface area (Å²) in [7, 11) is 0. The zero-order chi connectivity index (χ0) is 15.1. The number of nitrogens with one attached hydrogen (secondary N) is 1. The SMILES string of the molecule is CCOC1CCCN(Cc2ccoc2CNCC(C)C)C1. The van der Waals surface area contributed by atoms with E-state index < -0.39 is 0 Å². The van der Waals surface area contributed by atoms with Gasteiger partial charge in [0.25, 0.3) is 0 Å². The average Bonchev–Trinajstić information content (AvgIpc) is 2.87. The van der Waals surface area contributed by atoms with Crippen LogP contribution in [0.1, 0.15) is 44.9 Å². The molecule has 4 nitrogen and oxygen atoms in total. The Morgan fingerprint density at radius 2 is 2.33 bits per heavy atom. The van der Waals surface area contributed by atoms with Gasteiger partial charge in [-0.3, -0.25) is 4.90 Å². The molecule has 2 rings (SSSR count). The molecule has 0 spiro atoms. The quantitative estimate of drug-likeness (QED) is 0.800. The van der Waals surface area contributed by atoms with Gasteiger partial charge in [-0.15, -0.1) is 0 Å². The maximum atomic E-state index is 5.78. The van der Waals surface area contributed by atoms with Gasteiger partial charge in [0.05, 0.1) is 18.9 Å². The van der Waals surface area contributed by atoms with Crippen molar-refractivity contribution in [1.82, 2.24) is 10.2 Å². The lowest BCUT2D eigenvalue weighted by Gasteiger charge is -2.32. The van der Waals surface area contributed by atoms with Crippen LogP contribution in [0.3, 0.4) is 0 Å². The van der Waals surface area contributed by atoms with E-state index in [1.807, 2.05) is 6.26 Å². The maximum Gasteiger partial charge on any atom is 0.122 e. The van der Waals surface area contributed by atoms with Gasteiger partial charge < -0.3 is 14.5 Å². The van der Waals surface area contributed by atoms with Crippen LogP contribution in [0.15, 0.2) is 16.7 Å². The summed E-state index contributed by atoms with van der Waals surface area (Å²) < 4.78 is 11.4. The van der Waals surface area contributed by atoms with Crippen molar-refractivity contribution in [2.75, 3.05) is 26.2 Å². The molecule has 1 aliphatic heterocycles. The summed E-state index contributed by atoms with van der Waals surface area (Å²) in [6.07, 6.45) is 4.63. The van der Waals surface area contributed by atoms with Gasteiger partial charge in [0.1, 0.15) is 5.76 Å². The smallest absolute Gasteiger partial charge is 0.122 e. The highest BCUT2D eigenvalue weighted by molar-refractivity contribution is 5.17. The van der Waals surface area contributed by atoms with E-state index in [-0.39, 0.29) is 0 Å². The van der Waals surface area contributed by atoms with Gasteiger partial charge >= 0.3 is 0 Å². The van der Waals surface area contributed by atoms with E-state index in [2.05, 4.69) is 37.1 Å². The summed E-state index contributed by atoms with van der Waals surface area (Å²) in [5.74, 6) is 1.74. The van der Waals surface area contributed by atoms with Gasteiger partial charge in [-0.25, -0.2) is 0 Å². The normalized spacial score (nSPS) is 20.3. The lowest BCUT2D eigenvalue weighted by Crippen LogP contribution is -2.39. The topological polar surface area (TPSA) is 37.6 Å². The molecule has 1 fully saturated rings.